The van der Waals surface area contributed by atoms with Gasteiger partial charge < -0.3 is 20.0 Å². The number of halogens is 1. The molecule has 1 atom stereocenters. The highest BCUT2D eigenvalue weighted by atomic mass is 35.5. The lowest BCUT2D eigenvalue weighted by molar-refractivity contribution is -0.391. The predicted molar refractivity (Wildman–Crippen MR) is 74.8 cm³/mol. The van der Waals surface area contributed by atoms with E-state index < -0.39 is 4.92 Å². The summed E-state index contributed by atoms with van der Waals surface area (Å²) in [4.78, 5) is 14.6. The van der Waals surface area contributed by atoms with Crippen molar-refractivity contribution in [3.63, 3.8) is 0 Å². The molecule has 0 aromatic carbocycles. The number of nitrogens with one attached hydrogen (secondary N) is 1. The molecule has 20 heavy (non-hydrogen) atoms. The Balaban J connectivity index is 0.00000200. The first kappa shape index (κ1) is 16.1. The molecule has 0 aliphatic rings. The lowest BCUT2D eigenvalue weighted by atomic mass is 10.2. The van der Waals surface area contributed by atoms with E-state index >= 15 is 0 Å². The maximum atomic E-state index is 10.8. The molecule has 0 aliphatic heterocycles. The average molecular weight is 302 g/mol. The molecule has 2 aromatic rings. The van der Waals surface area contributed by atoms with E-state index in [0.717, 1.165) is 0 Å². The van der Waals surface area contributed by atoms with Crippen molar-refractivity contribution >= 4 is 18.2 Å². The van der Waals surface area contributed by atoms with E-state index in [4.69, 9.17) is 4.52 Å². The van der Waals surface area contributed by atoms with E-state index in [0.29, 0.717) is 17.9 Å². The second-order valence-corrected chi connectivity index (χ2v) is 4.30. The summed E-state index contributed by atoms with van der Waals surface area (Å²) in [5.74, 6) is 0.841. The van der Waals surface area contributed by atoms with Gasteiger partial charge in [-0.1, -0.05) is 5.16 Å². The summed E-state index contributed by atoms with van der Waals surface area (Å²) in [6.07, 6.45) is 0.631. The quantitative estimate of drug-likeness (QED) is 0.664. The molecule has 0 fully saturated rings. The minimum atomic E-state index is -0.455. The molecular formula is C11H16ClN5O3. The lowest BCUT2D eigenvalue weighted by Gasteiger charge is -2.04. The van der Waals surface area contributed by atoms with Crippen molar-refractivity contribution in [1.29, 1.82) is 0 Å². The van der Waals surface area contributed by atoms with Gasteiger partial charge in [0.15, 0.2) is 11.5 Å². The first-order chi connectivity index (χ1) is 9.02. The summed E-state index contributed by atoms with van der Waals surface area (Å²) in [6.45, 7) is 2.00. The molecule has 0 saturated heterocycles. The average Bonchev–Trinajstić information content (AvgIpc) is 2.95. The molecule has 1 unspecified atom stereocenters. The van der Waals surface area contributed by atoms with E-state index in [1.165, 1.54) is 10.6 Å². The van der Waals surface area contributed by atoms with Crippen LogP contribution in [-0.4, -0.2) is 32.7 Å². The largest absolute Gasteiger partial charge is 0.358 e. The fourth-order valence-electron chi connectivity index (χ4n) is 1.72. The number of hydrogen-bond donors (Lipinski definition) is 1. The van der Waals surface area contributed by atoms with E-state index in [9.17, 15) is 10.1 Å². The highest BCUT2D eigenvalue weighted by Gasteiger charge is 2.21. The summed E-state index contributed by atoms with van der Waals surface area (Å²) in [5, 5.41) is 17.7. The smallest absolute Gasteiger partial charge is 0.323 e. The Labute approximate surface area is 121 Å². The summed E-state index contributed by atoms with van der Waals surface area (Å²) in [5.41, 5.74) is 0.530. The van der Waals surface area contributed by atoms with Crippen LogP contribution >= 0.6 is 12.4 Å². The molecule has 2 heterocycles. The molecule has 0 aliphatic carbocycles. The molecule has 0 amide bonds. The number of nitro groups is 1. The van der Waals surface area contributed by atoms with Crippen molar-refractivity contribution in [3.8, 4) is 11.6 Å². The van der Waals surface area contributed by atoms with Crippen LogP contribution in [-0.2, 0) is 13.5 Å². The molecule has 0 saturated carbocycles. The van der Waals surface area contributed by atoms with E-state index in [1.54, 1.807) is 13.1 Å². The number of rotatable bonds is 5. The first-order valence-electron chi connectivity index (χ1n) is 5.83. The van der Waals surface area contributed by atoms with Crippen LogP contribution in [0.3, 0.4) is 0 Å². The van der Waals surface area contributed by atoms with Gasteiger partial charge >= 0.3 is 5.82 Å². The van der Waals surface area contributed by atoms with E-state index in [-0.39, 0.29) is 30.2 Å². The highest BCUT2D eigenvalue weighted by molar-refractivity contribution is 5.85. The maximum Gasteiger partial charge on any atom is 0.323 e. The number of aromatic nitrogens is 3. The summed E-state index contributed by atoms with van der Waals surface area (Å²) in [7, 11) is 3.44. The standard InChI is InChI=1S/C11H15N5O3.ClH/c1-7(12-2)6-9-13-11(19-14-9)8-4-5-10(15(8)3)16(17)18;/h4-5,7,12H,6H2,1-3H3;1H. The van der Waals surface area contributed by atoms with Crippen molar-refractivity contribution < 1.29 is 9.45 Å². The molecular weight excluding hydrogens is 286 g/mol. The molecule has 2 aromatic heterocycles. The van der Waals surface area contributed by atoms with Crippen LogP contribution in [0.2, 0.25) is 0 Å². The predicted octanol–water partition coefficient (Wildman–Crippen LogP) is 1.56. The molecule has 0 bridgehead atoms. The maximum absolute atomic E-state index is 10.8. The normalized spacial score (nSPS) is 11.9. The number of nitrogens with zero attached hydrogens (tertiary/aromatic N) is 4. The zero-order chi connectivity index (χ0) is 14.0. The summed E-state index contributed by atoms with van der Waals surface area (Å²) in [6, 6.07) is 3.24. The number of hydrogen-bond acceptors (Lipinski definition) is 6. The summed E-state index contributed by atoms with van der Waals surface area (Å²) >= 11 is 0. The molecule has 8 nitrogen and oxygen atoms in total. The van der Waals surface area contributed by atoms with Gasteiger partial charge in [-0.2, -0.15) is 4.98 Å². The third-order valence-electron chi connectivity index (χ3n) is 2.95. The number of likely N-dealkylation sites (N-methyl/N-ethyl adjacent to an activating group) is 1. The fraction of sp³-hybridized carbons (Fsp3) is 0.455. The van der Waals surface area contributed by atoms with Gasteiger partial charge in [-0.3, -0.25) is 0 Å². The van der Waals surface area contributed by atoms with Gasteiger partial charge in [0.25, 0.3) is 5.89 Å². The Hall–Kier alpha value is -1.93. The Morgan fingerprint density at radius 3 is 2.80 bits per heavy atom. The van der Waals surface area contributed by atoms with Crippen molar-refractivity contribution in [3.05, 3.63) is 28.1 Å². The summed E-state index contributed by atoms with van der Waals surface area (Å²) < 4.78 is 6.55. The molecule has 1 N–H and O–H groups in total. The van der Waals surface area contributed by atoms with Crippen molar-refractivity contribution in [1.82, 2.24) is 20.0 Å². The van der Waals surface area contributed by atoms with Crippen molar-refractivity contribution in [2.75, 3.05) is 7.05 Å². The van der Waals surface area contributed by atoms with Gasteiger partial charge in [0.2, 0.25) is 0 Å². The first-order valence-corrected chi connectivity index (χ1v) is 5.83. The molecule has 0 radical (unpaired) electrons. The minimum absolute atomic E-state index is 0. The fourth-order valence-corrected chi connectivity index (χ4v) is 1.72. The zero-order valence-electron chi connectivity index (χ0n) is 11.4. The van der Waals surface area contributed by atoms with Crippen LogP contribution in [0.15, 0.2) is 16.7 Å². The van der Waals surface area contributed by atoms with Crippen molar-refractivity contribution in [2.24, 2.45) is 7.05 Å². The van der Waals surface area contributed by atoms with E-state index in [1.807, 2.05) is 14.0 Å². The van der Waals surface area contributed by atoms with Gasteiger partial charge in [-0.25, -0.2) is 4.57 Å². The zero-order valence-corrected chi connectivity index (χ0v) is 12.2. The topological polar surface area (TPSA) is 99.0 Å². The third-order valence-corrected chi connectivity index (χ3v) is 2.95. The molecule has 9 heteroatoms. The lowest BCUT2D eigenvalue weighted by Crippen LogP contribution is -2.24. The van der Waals surface area contributed by atoms with Gasteiger partial charge in [-0.05, 0) is 25.0 Å². The van der Waals surface area contributed by atoms with Crippen LogP contribution in [0.5, 0.6) is 0 Å². The van der Waals surface area contributed by atoms with Crippen LogP contribution in [0, 0.1) is 10.1 Å². The SMILES string of the molecule is CNC(C)Cc1noc(-c2ccc([N+](=O)[O-])n2C)n1.Cl. The molecule has 2 rings (SSSR count). The Morgan fingerprint density at radius 1 is 1.55 bits per heavy atom. The van der Waals surface area contributed by atoms with Gasteiger partial charge in [0.05, 0.1) is 7.05 Å². The molecule has 110 valence electrons. The van der Waals surface area contributed by atoms with Gasteiger partial charge in [0, 0.05) is 18.5 Å². The minimum Gasteiger partial charge on any atom is -0.358 e. The Bertz CT molecular complexity index is 595. The van der Waals surface area contributed by atoms with Crippen LogP contribution in [0.4, 0.5) is 5.82 Å². The van der Waals surface area contributed by atoms with Crippen LogP contribution < -0.4 is 5.32 Å². The third kappa shape index (κ3) is 3.14. The Morgan fingerprint density at radius 2 is 2.25 bits per heavy atom. The van der Waals surface area contributed by atoms with Gasteiger partial charge in [0.1, 0.15) is 0 Å². The second kappa shape index (κ2) is 6.49. The van der Waals surface area contributed by atoms with Crippen molar-refractivity contribution in [2.45, 2.75) is 19.4 Å². The van der Waals surface area contributed by atoms with E-state index in [2.05, 4.69) is 15.5 Å². The molecule has 0 spiro atoms. The Kier molecular flexibility index (Phi) is 5.23. The second-order valence-electron chi connectivity index (χ2n) is 4.30. The highest BCUT2D eigenvalue weighted by Crippen LogP contribution is 2.23. The van der Waals surface area contributed by atoms with Gasteiger partial charge in [-0.15, -0.1) is 12.4 Å². The monoisotopic (exact) mass is 301 g/mol. The van der Waals surface area contributed by atoms with Crippen LogP contribution in [0.1, 0.15) is 12.7 Å². The van der Waals surface area contributed by atoms with Crippen LogP contribution in [0.25, 0.3) is 11.6 Å².